The normalized spacial score (nSPS) is 17.9. The second-order valence-electron chi connectivity index (χ2n) is 8.40. The van der Waals surface area contributed by atoms with Crippen LogP contribution in [0.3, 0.4) is 0 Å². The molecule has 2 aromatic carbocycles. The van der Waals surface area contributed by atoms with Crippen LogP contribution in [-0.4, -0.2) is 26.8 Å². The molecule has 3 heterocycles. The summed E-state index contributed by atoms with van der Waals surface area (Å²) in [6.45, 7) is 2.62. The molecule has 0 spiro atoms. The number of carbonyl (C=O) groups is 2. The topological polar surface area (TPSA) is 54.3 Å². The molecule has 0 saturated carbocycles. The van der Waals surface area contributed by atoms with Crippen LogP contribution in [0.5, 0.6) is 0 Å². The molecule has 8 heteroatoms. The van der Waals surface area contributed by atoms with E-state index in [-0.39, 0.29) is 24.2 Å². The molecule has 0 bridgehead atoms. The third kappa shape index (κ3) is 3.92. The molecule has 0 radical (unpaired) electrons. The number of rotatable bonds is 5. The first-order valence-corrected chi connectivity index (χ1v) is 11.8. The van der Waals surface area contributed by atoms with Gasteiger partial charge in [-0.1, -0.05) is 35.9 Å². The third-order valence-electron chi connectivity index (χ3n) is 6.14. The lowest BCUT2D eigenvalue weighted by atomic mass is 9.93. The van der Waals surface area contributed by atoms with Crippen molar-refractivity contribution >= 4 is 45.0 Å². The Bertz CT molecular complexity index is 1350. The predicted octanol–water partition coefficient (Wildman–Crippen LogP) is 5.23. The maximum absolute atomic E-state index is 13.6. The van der Waals surface area contributed by atoms with E-state index in [9.17, 15) is 14.0 Å². The average Bonchev–Trinajstić information content (AvgIpc) is 3.40. The molecule has 2 aromatic heterocycles. The molecule has 1 unspecified atom stereocenters. The Morgan fingerprint density at radius 2 is 1.82 bits per heavy atom. The lowest BCUT2D eigenvalue weighted by Crippen LogP contribution is -2.63. The molecule has 1 aliphatic rings. The molecular weight excluding hydrogens is 461 g/mol. The first-order valence-electron chi connectivity index (χ1n) is 10.5. The summed E-state index contributed by atoms with van der Waals surface area (Å²) in [5, 5.41) is 6.58. The quantitative estimate of drug-likeness (QED) is 0.424. The van der Waals surface area contributed by atoms with Gasteiger partial charge in [-0.2, -0.15) is 0 Å². The zero-order valence-electron chi connectivity index (χ0n) is 17.8. The summed E-state index contributed by atoms with van der Waals surface area (Å²) in [4.78, 5) is 29.8. The van der Waals surface area contributed by atoms with Gasteiger partial charge in [0.25, 0.3) is 5.91 Å². The van der Waals surface area contributed by atoms with Gasteiger partial charge in [0.05, 0.1) is 6.54 Å². The number of nitrogens with one attached hydrogen (secondary N) is 1. The lowest BCUT2D eigenvalue weighted by Gasteiger charge is -2.44. The first kappa shape index (κ1) is 21.7. The van der Waals surface area contributed by atoms with Crippen molar-refractivity contribution in [1.29, 1.82) is 0 Å². The molecule has 4 aromatic rings. The molecule has 1 N–H and O–H groups in total. The predicted molar refractivity (Wildman–Crippen MR) is 128 cm³/mol. The summed E-state index contributed by atoms with van der Waals surface area (Å²) < 4.78 is 15.4. The highest BCUT2D eigenvalue weighted by Crippen LogP contribution is 2.35. The fourth-order valence-electron chi connectivity index (χ4n) is 4.25. The largest absolute Gasteiger partial charge is 0.350 e. The van der Waals surface area contributed by atoms with Crippen LogP contribution in [-0.2, 0) is 24.4 Å². The van der Waals surface area contributed by atoms with E-state index in [1.807, 2.05) is 34.2 Å². The highest BCUT2D eigenvalue weighted by Gasteiger charge is 2.47. The zero-order valence-corrected chi connectivity index (χ0v) is 19.4. The highest BCUT2D eigenvalue weighted by atomic mass is 35.5. The number of fused-ring (bicyclic) bond motifs is 3. The maximum Gasteiger partial charge on any atom is 0.271 e. The third-order valence-corrected chi connectivity index (χ3v) is 7.34. The van der Waals surface area contributed by atoms with E-state index in [1.54, 1.807) is 47.4 Å². The van der Waals surface area contributed by atoms with E-state index in [2.05, 4.69) is 5.32 Å². The SMILES string of the molecule is CC1(C(=O)NCc2ccc(Cl)cc2)Cn2c(cc3ccsc32)C(=O)N1Cc1ccc(F)cc1. The number of carbonyl (C=O) groups excluding carboxylic acids is 2. The lowest BCUT2D eigenvalue weighted by molar-refractivity contribution is -0.133. The minimum Gasteiger partial charge on any atom is -0.350 e. The number of halogens is 2. The monoisotopic (exact) mass is 481 g/mol. The molecular formula is C25H21ClFN3O2S. The van der Waals surface area contributed by atoms with Crippen molar-refractivity contribution in [1.82, 2.24) is 14.8 Å². The van der Waals surface area contributed by atoms with Crippen molar-refractivity contribution in [3.05, 3.63) is 93.7 Å². The van der Waals surface area contributed by atoms with Gasteiger partial charge in [0, 0.05) is 23.5 Å². The van der Waals surface area contributed by atoms with Gasteiger partial charge in [-0.3, -0.25) is 9.59 Å². The van der Waals surface area contributed by atoms with E-state index in [0.717, 1.165) is 21.3 Å². The number of nitrogens with zero attached hydrogens (tertiary/aromatic N) is 2. The molecule has 0 saturated heterocycles. The average molecular weight is 482 g/mol. The number of hydrogen-bond acceptors (Lipinski definition) is 3. The smallest absolute Gasteiger partial charge is 0.271 e. The van der Waals surface area contributed by atoms with Gasteiger partial charge in [0.2, 0.25) is 5.91 Å². The summed E-state index contributed by atoms with van der Waals surface area (Å²) in [6, 6.07) is 17.1. The van der Waals surface area contributed by atoms with Gasteiger partial charge in [-0.15, -0.1) is 11.3 Å². The van der Waals surface area contributed by atoms with Gasteiger partial charge in [-0.05, 0) is 59.8 Å². The Morgan fingerprint density at radius 1 is 1.12 bits per heavy atom. The van der Waals surface area contributed by atoms with Crippen molar-refractivity contribution in [3.63, 3.8) is 0 Å². The number of amides is 2. The van der Waals surface area contributed by atoms with Crippen LogP contribution in [0.1, 0.15) is 28.5 Å². The van der Waals surface area contributed by atoms with Crippen molar-refractivity contribution in [2.45, 2.75) is 32.1 Å². The van der Waals surface area contributed by atoms with Gasteiger partial charge in [-0.25, -0.2) is 4.39 Å². The Balaban J connectivity index is 1.49. The number of benzene rings is 2. The van der Waals surface area contributed by atoms with E-state index in [4.69, 9.17) is 11.6 Å². The molecule has 2 amide bonds. The molecule has 0 fully saturated rings. The van der Waals surface area contributed by atoms with Gasteiger partial charge in [0.15, 0.2) is 0 Å². The Labute approximate surface area is 199 Å². The Kier molecular flexibility index (Phi) is 5.46. The molecule has 1 atom stereocenters. The summed E-state index contributed by atoms with van der Waals surface area (Å²) in [5.41, 5.74) is 1.08. The Morgan fingerprint density at radius 3 is 2.55 bits per heavy atom. The van der Waals surface area contributed by atoms with E-state index in [0.29, 0.717) is 23.8 Å². The summed E-state index contributed by atoms with van der Waals surface area (Å²) in [7, 11) is 0. The zero-order chi connectivity index (χ0) is 23.2. The maximum atomic E-state index is 13.6. The van der Waals surface area contributed by atoms with Crippen LogP contribution >= 0.6 is 22.9 Å². The summed E-state index contributed by atoms with van der Waals surface area (Å²) >= 11 is 7.51. The van der Waals surface area contributed by atoms with Gasteiger partial charge in [0.1, 0.15) is 21.9 Å². The van der Waals surface area contributed by atoms with Crippen molar-refractivity contribution < 1.29 is 14.0 Å². The number of thiophene rings is 1. The van der Waals surface area contributed by atoms with Gasteiger partial charge < -0.3 is 14.8 Å². The van der Waals surface area contributed by atoms with Crippen molar-refractivity contribution in [2.75, 3.05) is 0 Å². The van der Waals surface area contributed by atoms with Crippen molar-refractivity contribution in [3.8, 4) is 0 Å². The van der Waals surface area contributed by atoms with E-state index >= 15 is 0 Å². The van der Waals surface area contributed by atoms with Gasteiger partial charge >= 0.3 is 0 Å². The fraction of sp³-hybridized carbons (Fsp3) is 0.200. The molecule has 168 valence electrons. The summed E-state index contributed by atoms with van der Waals surface area (Å²) in [6.07, 6.45) is 0. The van der Waals surface area contributed by atoms with Crippen LogP contribution < -0.4 is 5.32 Å². The van der Waals surface area contributed by atoms with Crippen LogP contribution in [0.4, 0.5) is 4.39 Å². The summed E-state index contributed by atoms with van der Waals surface area (Å²) in [5.74, 6) is -0.823. The highest BCUT2D eigenvalue weighted by molar-refractivity contribution is 7.16. The molecule has 5 nitrogen and oxygen atoms in total. The minimum atomic E-state index is -1.14. The van der Waals surface area contributed by atoms with Crippen LogP contribution in [0.15, 0.2) is 66.0 Å². The van der Waals surface area contributed by atoms with Crippen LogP contribution in [0.25, 0.3) is 10.2 Å². The van der Waals surface area contributed by atoms with Crippen molar-refractivity contribution in [2.24, 2.45) is 0 Å². The van der Waals surface area contributed by atoms with E-state index in [1.165, 1.54) is 12.1 Å². The minimum absolute atomic E-state index is 0.197. The molecule has 1 aliphatic heterocycles. The Hall–Kier alpha value is -3.16. The standard InChI is InChI=1S/C25H21ClFN3O2S/c1-25(24(32)28-13-16-2-6-19(26)7-3-16)15-29-21(12-18-10-11-33-23(18)29)22(31)30(25)14-17-4-8-20(27)9-5-17/h2-12H,13-15H2,1H3,(H,28,32). The second-order valence-corrected chi connectivity index (χ2v) is 9.73. The van der Waals surface area contributed by atoms with Crippen LogP contribution in [0.2, 0.25) is 5.02 Å². The van der Waals surface area contributed by atoms with Crippen LogP contribution in [0, 0.1) is 5.82 Å². The molecule has 33 heavy (non-hydrogen) atoms. The first-order chi connectivity index (χ1) is 15.8. The number of hydrogen-bond donors (Lipinski definition) is 1. The fourth-order valence-corrected chi connectivity index (χ4v) is 5.28. The molecule has 5 rings (SSSR count). The van der Waals surface area contributed by atoms with E-state index < -0.39 is 5.54 Å². The molecule has 0 aliphatic carbocycles. The number of aromatic nitrogens is 1. The second kappa shape index (κ2) is 8.32.